The average molecular weight is 359 g/mol. The summed E-state index contributed by atoms with van der Waals surface area (Å²) in [5.74, 6) is 0.720. The summed E-state index contributed by atoms with van der Waals surface area (Å²) in [7, 11) is 5.14. The van der Waals surface area contributed by atoms with Crippen molar-refractivity contribution >= 4 is 17.1 Å². The molecule has 4 rings (SSSR count). The Kier molecular flexibility index (Phi) is 3.72. The van der Waals surface area contributed by atoms with Crippen LogP contribution in [0.25, 0.3) is 11.2 Å². The maximum atomic E-state index is 12.2. The van der Waals surface area contributed by atoms with Crippen molar-refractivity contribution in [3.05, 3.63) is 38.8 Å². The van der Waals surface area contributed by atoms with Crippen LogP contribution in [0.1, 0.15) is 24.4 Å². The van der Waals surface area contributed by atoms with Crippen molar-refractivity contribution in [2.45, 2.75) is 25.0 Å². The molecular formula is C16H21N7O3. The molecule has 0 aromatic carbocycles. The van der Waals surface area contributed by atoms with E-state index in [1.54, 1.807) is 29.5 Å². The molecule has 26 heavy (non-hydrogen) atoms. The van der Waals surface area contributed by atoms with E-state index in [1.807, 2.05) is 13.2 Å². The van der Waals surface area contributed by atoms with E-state index in [4.69, 9.17) is 0 Å². The fourth-order valence-corrected chi connectivity index (χ4v) is 3.55. The lowest BCUT2D eigenvalue weighted by molar-refractivity contribution is 0.0338. The Morgan fingerprint density at radius 2 is 2.00 bits per heavy atom. The monoisotopic (exact) mass is 359 g/mol. The Morgan fingerprint density at radius 1 is 1.27 bits per heavy atom. The molecule has 0 spiro atoms. The van der Waals surface area contributed by atoms with Crippen molar-refractivity contribution < 1.29 is 5.11 Å². The summed E-state index contributed by atoms with van der Waals surface area (Å²) >= 11 is 0. The first-order chi connectivity index (χ1) is 12.3. The molecule has 0 bridgehead atoms. The van der Waals surface area contributed by atoms with Gasteiger partial charge in [-0.05, 0) is 18.8 Å². The third-order valence-corrected chi connectivity index (χ3v) is 5.12. The lowest BCUT2D eigenvalue weighted by atomic mass is 9.75. The normalized spacial score (nSPS) is 20.9. The second-order valence-corrected chi connectivity index (χ2v) is 6.94. The number of aryl methyl sites for hydroxylation is 3. The molecule has 1 aliphatic carbocycles. The first-order valence-electron chi connectivity index (χ1n) is 8.44. The summed E-state index contributed by atoms with van der Waals surface area (Å²) in [6.45, 7) is 0. The summed E-state index contributed by atoms with van der Waals surface area (Å²) in [4.78, 5) is 30.8. The molecule has 0 amide bonds. The maximum absolute atomic E-state index is 12.2. The van der Waals surface area contributed by atoms with E-state index in [9.17, 15) is 14.7 Å². The fourth-order valence-electron chi connectivity index (χ4n) is 3.55. The van der Waals surface area contributed by atoms with Gasteiger partial charge in [-0.25, -0.2) is 4.79 Å². The van der Waals surface area contributed by atoms with E-state index < -0.39 is 11.2 Å². The number of imidazole rings is 1. The smallest absolute Gasteiger partial charge is 0.329 e. The van der Waals surface area contributed by atoms with Gasteiger partial charge in [0.1, 0.15) is 0 Å². The van der Waals surface area contributed by atoms with Crippen LogP contribution >= 0.6 is 0 Å². The third kappa shape index (κ3) is 2.53. The highest BCUT2D eigenvalue weighted by molar-refractivity contribution is 5.74. The first kappa shape index (κ1) is 16.6. The van der Waals surface area contributed by atoms with Gasteiger partial charge in [-0.3, -0.25) is 19.0 Å². The summed E-state index contributed by atoms with van der Waals surface area (Å²) in [5, 5.41) is 17.3. The van der Waals surface area contributed by atoms with Crippen LogP contribution in [0, 0.1) is 5.92 Å². The predicted octanol–water partition coefficient (Wildman–Crippen LogP) is -0.382. The van der Waals surface area contributed by atoms with Gasteiger partial charge in [0.05, 0.1) is 18.3 Å². The summed E-state index contributed by atoms with van der Waals surface area (Å²) < 4.78 is 4.68. The van der Waals surface area contributed by atoms with Gasteiger partial charge in [0.2, 0.25) is 5.95 Å². The second-order valence-electron chi connectivity index (χ2n) is 6.94. The third-order valence-electron chi connectivity index (χ3n) is 5.12. The first-order valence-corrected chi connectivity index (χ1v) is 8.44. The van der Waals surface area contributed by atoms with Gasteiger partial charge in [0.25, 0.3) is 5.56 Å². The number of hydrogen-bond acceptors (Lipinski definition) is 6. The van der Waals surface area contributed by atoms with Crippen LogP contribution in [-0.2, 0) is 21.1 Å². The number of hydrogen-bond donors (Lipinski definition) is 3. The van der Waals surface area contributed by atoms with Gasteiger partial charge in [-0.2, -0.15) is 10.1 Å². The van der Waals surface area contributed by atoms with Gasteiger partial charge in [-0.15, -0.1) is 0 Å². The molecule has 10 nitrogen and oxygen atoms in total. The average Bonchev–Trinajstić information content (AvgIpc) is 3.12. The van der Waals surface area contributed by atoms with Crippen molar-refractivity contribution in [2.75, 3.05) is 5.32 Å². The van der Waals surface area contributed by atoms with Crippen LogP contribution in [-0.4, -0.2) is 40.1 Å². The maximum Gasteiger partial charge on any atom is 0.329 e. The summed E-state index contributed by atoms with van der Waals surface area (Å²) in [6.07, 6.45) is 4.80. The van der Waals surface area contributed by atoms with Crippen LogP contribution in [0.4, 0.5) is 5.95 Å². The Bertz CT molecular complexity index is 1080. The number of anilines is 1. The number of fused-ring (bicyclic) bond motifs is 1. The number of aliphatic hydroxyl groups is 1. The molecule has 0 saturated heterocycles. The highest BCUT2D eigenvalue weighted by atomic mass is 16.3. The van der Waals surface area contributed by atoms with Crippen LogP contribution in [0.2, 0.25) is 0 Å². The van der Waals surface area contributed by atoms with Crippen LogP contribution < -0.4 is 16.6 Å². The molecule has 0 radical (unpaired) electrons. The van der Waals surface area contributed by atoms with E-state index in [-0.39, 0.29) is 18.1 Å². The minimum atomic E-state index is -0.502. The van der Waals surface area contributed by atoms with Gasteiger partial charge < -0.3 is 15.0 Å². The molecule has 138 valence electrons. The van der Waals surface area contributed by atoms with Crippen molar-refractivity contribution in [1.82, 2.24) is 28.9 Å². The van der Waals surface area contributed by atoms with Crippen molar-refractivity contribution in [2.24, 2.45) is 27.1 Å². The van der Waals surface area contributed by atoms with Crippen molar-refractivity contribution in [3.8, 4) is 0 Å². The number of aromatic nitrogens is 6. The van der Waals surface area contributed by atoms with Gasteiger partial charge in [-0.1, -0.05) is 0 Å². The van der Waals surface area contributed by atoms with Gasteiger partial charge >= 0.3 is 5.69 Å². The topological polar surface area (TPSA) is 123 Å². The van der Waals surface area contributed by atoms with Crippen LogP contribution in [0.5, 0.6) is 0 Å². The summed E-state index contributed by atoms with van der Waals surface area (Å²) in [5.41, 5.74) is 0.663. The molecule has 10 heteroatoms. The zero-order chi connectivity index (χ0) is 18.6. The highest BCUT2D eigenvalue weighted by Crippen LogP contribution is 2.39. The lowest BCUT2D eigenvalue weighted by Gasteiger charge is -2.37. The van der Waals surface area contributed by atoms with Crippen LogP contribution in [0.3, 0.4) is 0 Å². The highest BCUT2D eigenvalue weighted by Gasteiger charge is 2.36. The zero-order valence-electron chi connectivity index (χ0n) is 14.8. The van der Waals surface area contributed by atoms with Crippen molar-refractivity contribution in [3.63, 3.8) is 0 Å². The number of rotatable bonds is 4. The number of nitrogens with zero attached hydrogens (tertiary/aromatic N) is 5. The molecule has 1 atom stereocenters. The molecule has 0 aliphatic heterocycles. The lowest BCUT2D eigenvalue weighted by Crippen LogP contribution is -2.36. The summed E-state index contributed by atoms with van der Waals surface area (Å²) in [6, 6.07) is -0.0984. The molecule has 1 aliphatic rings. The Hall–Kier alpha value is -2.88. The Balaban J connectivity index is 1.77. The minimum Gasteiger partial charge on any atom is -0.393 e. The van der Waals surface area contributed by atoms with E-state index in [0.29, 0.717) is 30.0 Å². The molecule has 3 aromatic heterocycles. The van der Waals surface area contributed by atoms with Crippen LogP contribution in [0.15, 0.2) is 22.0 Å². The van der Waals surface area contributed by atoms with Crippen molar-refractivity contribution in [1.29, 1.82) is 0 Å². The SMILES string of the molecule is Cn1cc([C@@H](Nc2nc3c(c(=O)[nH]c(=O)n3C)n2C)C2CC(O)C2)cn1. The Morgan fingerprint density at radius 3 is 2.62 bits per heavy atom. The molecule has 1 fully saturated rings. The number of aromatic amines is 1. The second kappa shape index (κ2) is 5.84. The minimum absolute atomic E-state index is 0.0984. The van der Waals surface area contributed by atoms with E-state index in [2.05, 4.69) is 20.4 Å². The quantitative estimate of drug-likeness (QED) is 0.583. The standard InChI is InChI=1S/C16H21N7O3/c1-21-7-9(6-17-21)11(8-4-10(24)5-8)18-15-19-13-12(22(15)2)14(25)20-16(26)23(13)3/h6-8,10-11,24H,4-5H2,1-3H3,(H,18,19)(H,20,25,26)/t8?,10?,11-/m0/s1. The van der Waals surface area contributed by atoms with E-state index >= 15 is 0 Å². The predicted molar refractivity (Wildman–Crippen MR) is 94.9 cm³/mol. The molecular weight excluding hydrogens is 338 g/mol. The molecule has 3 N–H and O–H groups in total. The zero-order valence-corrected chi connectivity index (χ0v) is 14.8. The largest absolute Gasteiger partial charge is 0.393 e. The van der Waals surface area contributed by atoms with E-state index in [0.717, 1.165) is 5.56 Å². The number of nitrogens with one attached hydrogen (secondary N) is 2. The number of aliphatic hydroxyl groups excluding tert-OH is 1. The van der Waals surface area contributed by atoms with Gasteiger partial charge in [0, 0.05) is 32.9 Å². The molecule has 3 aromatic rings. The fraction of sp³-hybridized carbons (Fsp3) is 0.500. The van der Waals surface area contributed by atoms with E-state index in [1.165, 1.54) is 4.57 Å². The van der Waals surface area contributed by atoms with Gasteiger partial charge in [0.15, 0.2) is 11.2 Å². The molecule has 1 saturated carbocycles. The molecule has 0 unspecified atom stereocenters. The Labute approximate surface area is 148 Å². The molecule has 3 heterocycles. The number of H-pyrrole nitrogens is 1.